The Morgan fingerprint density at radius 1 is 0.909 bits per heavy atom. The average Bonchev–Trinajstić information content (AvgIpc) is 2.82. The van der Waals surface area contributed by atoms with Gasteiger partial charge in [0, 0.05) is 19.7 Å². The largest absolute Gasteiger partial charge is 0.489 e. The van der Waals surface area contributed by atoms with Gasteiger partial charge in [-0.2, -0.15) is 0 Å². The molecule has 0 aliphatic heterocycles. The summed E-state index contributed by atoms with van der Waals surface area (Å²) in [6.45, 7) is 2.75. The molecule has 0 atom stereocenters. The summed E-state index contributed by atoms with van der Waals surface area (Å²) in [5, 5.41) is 9.14. The van der Waals surface area contributed by atoms with Gasteiger partial charge >= 0.3 is 5.97 Å². The molecule has 0 bridgehead atoms. The average molecular weight is 444 g/mol. The summed E-state index contributed by atoms with van der Waals surface area (Å²) in [7, 11) is 1.80. The molecule has 0 saturated carbocycles. The van der Waals surface area contributed by atoms with Crippen LogP contribution in [0.15, 0.2) is 84.9 Å². The van der Waals surface area contributed by atoms with Gasteiger partial charge in [-0.1, -0.05) is 66.7 Å². The van der Waals surface area contributed by atoms with Gasteiger partial charge in [-0.25, -0.2) is 4.79 Å². The number of amides is 1. The number of likely N-dealkylation sites (N-methyl/N-ethyl adjacent to an activating group) is 1. The molecule has 1 amide bonds. The number of carboxylic acids is 1. The minimum atomic E-state index is -1.01. The van der Waals surface area contributed by atoms with E-state index in [2.05, 4.69) is 12.1 Å². The lowest BCUT2D eigenvalue weighted by Crippen LogP contribution is -2.30. The lowest BCUT2D eigenvalue weighted by molar-refractivity contribution is -0.131. The minimum Gasteiger partial charge on any atom is -0.489 e. The maximum absolute atomic E-state index is 12.9. The van der Waals surface area contributed by atoms with Crippen molar-refractivity contribution in [2.75, 3.05) is 13.6 Å². The van der Waals surface area contributed by atoms with Gasteiger partial charge in [0.1, 0.15) is 12.4 Å². The Balaban J connectivity index is 1.74. The molecule has 33 heavy (non-hydrogen) atoms. The number of rotatable bonds is 10. The van der Waals surface area contributed by atoms with Gasteiger partial charge < -0.3 is 14.7 Å². The highest BCUT2D eigenvalue weighted by molar-refractivity contribution is 5.89. The predicted molar refractivity (Wildman–Crippen MR) is 130 cm³/mol. The molecule has 0 heterocycles. The second-order valence-corrected chi connectivity index (χ2v) is 8.03. The van der Waals surface area contributed by atoms with Crippen LogP contribution in [-0.4, -0.2) is 35.5 Å². The molecule has 0 saturated heterocycles. The van der Waals surface area contributed by atoms with E-state index in [-0.39, 0.29) is 12.3 Å². The summed E-state index contributed by atoms with van der Waals surface area (Å²) < 4.78 is 5.98. The fraction of sp³-hybridized carbons (Fsp3) is 0.214. The van der Waals surface area contributed by atoms with Gasteiger partial charge in [0.05, 0.1) is 6.42 Å². The van der Waals surface area contributed by atoms with Crippen molar-refractivity contribution in [3.8, 4) is 5.75 Å². The van der Waals surface area contributed by atoms with E-state index in [1.54, 1.807) is 18.9 Å². The Bertz CT molecular complexity index is 1110. The van der Waals surface area contributed by atoms with Gasteiger partial charge in [0.25, 0.3) is 0 Å². The number of ether oxygens (including phenoxy) is 1. The number of hydrogen-bond donors (Lipinski definition) is 1. The summed E-state index contributed by atoms with van der Waals surface area (Å²) in [4.78, 5) is 25.7. The Morgan fingerprint density at radius 3 is 2.18 bits per heavy atom. The highest BCUT2D eigenvalue weighted by Crippen LogP contribution is 2.24. The molecule has 3 aromatic carbocycles. The molecule has 0 fully saturated rings. The Labute approximate surface area is 194 Å². The molecule has 170 valence electrons. The number of carboxylic acid groups (broad SMARTS) is 1. The van der Waals surface area contributed by atoms with E-state index in [4.69, 9.17) is 9.84 Å². The van der Waals surface area contributed by atoms with E-state index >= 15 is 0 Å². The highest BCUT2D eigenvalue weighted by Gasteiger charge is 2.13. The van der Waals surface area contributed by atoms with E-state index < -0.39 is 5.97 Å². The Kier molecular flexibility index (Phi) is 8.42. The third kappa shape index (κ3) is 7.65. The molecule has 5 nitrogen and oxygen atoms in total. The van der Waals surface area contributed by atoms with Crippen LogP contribution in [0.4, 0.5) is 0 Å². The SMILES string of the molecule is C/C(=C\C(=O)O)c1cc(CC(=O)N(C)CCc2ccccc2)cc(OCc2ccccc2)c1. The van der Waals surface area contributed by atoms with Crippen molar-refractivity contribution in [3.63, 3.8) is 0 Å². The van der Waals surface area contributed by atoms with Gasteiger partial charge in [-0.15, -0.1) is 0 Å². The maximum Gasteiger partial charge on any atom is 0.328 e. The van der Waals surface area contributed by atoms with Crippen molar-refractivity contribution < 1.29 is 19.4 Å². The number of carbonyl (C=O) groups is 2. The standard InChI is InChI=1S/C28H29NO4/c1-21(15-28(31)32)25-16-24(17-26(19-25)33-20-23-11-7-4-8-12-23)18-27(30)29(2)14-13-22-9-5-3-6-10-22/h3-12,15-17,19H,13-14,18,20H2,1-2H3,(H,31,32)/b21-15+. The topological polar surface area (TPSA) is 66.8 Å². The summed E-state index contributed by atoms with van der Waals surface area (Å²) in [6.07, 6.45) is 2.16. The van der Waals surface area contributed by atoms with Crippen molar-refractivity contribution >= 4 is 17.4 Å². The van der Waals surface area contributed by atoms with E-state index in [0.717, 1.165) is 29.2 Å². The highest BCUT2D eigenvalue weighted by atomic mass is 16.5. The zero-order valence-electron chi connectivity index (χ0n) is 19.0. The van der Waals surface area contributed by atoms with E-state index in [1.807, 2.05) is 66.7 Å². The molecule has 0 aliphatic carbocycles. The number of nitrogens with zero attached hydrogens (tertiary/aromatic N) is 1. The van der Waals surface area contributed by atoms with Crippen LogP contribution < -0.4 is 4.74 Å². The molecule has 5 heteroatoms. The first-order valence-corrected chi connectivity index (χ1v) is 10.9. The van der Waals surface area contributed by atoms with Crippen LogP contribution in [0.25, 0.3) is 5.57 Å². The maximum atomic E-state index is 12.9. The van der Waals surface area contributed by atoms with Crippen LogP contribution in [-0.2, 0) is 29.0 Å². The van der Waals surface area contributed by atoms with Gasteiger partial charge in [0.15, 0.2) is 0 Å². The number of carbonyl (C=O) groups excluding carboxylic acids is 1. The first-order chi connectivity index (χ1) is 15.9. The number of allylic oxidation sites excluding steroid dienone is 1. The van der Waals surface area contributed by atoms with Crippen LogP contribution in [0.2, 0.25) is 0 Å². The van der Waals surface area contributed by atoms with Crippen LogP contribution >= 0.6 is 0 Å². The molecule has 3 aromatic rings. The number of aliphatic carboxylic acids is 1. The minimum absolute atomic E-state index is 0.00282. The van der Waals surface area contributed by atoms with Crippen molar-refractivity contribution in [1.29, 1.82) is 0 Å². The molecule has 0 unspecified atom stereocenters. The molecule has 1 N–H and O–H groups in total. The van der Waals surface area contributed by atoms with Crippen LogP contribution in [0, 0.1) is 0 Å². The van der Waals surface area contributed by atoms with Crippen molar-refractivity contribution in [2.45, 2.75) is 26.4 Å². The zero-order chi connectivity index (χ0) is 23.6. The van der Waals surface area contributed by atoms with Crippen molar-refractivity contribution in [3.05, 3.63) is 107 Å². The molecule has 3 rings (SSSR count). The molecule has 0 spiro atoms. The van der Waals surface area contributed by atoms with E-state index in [9.17, 15) is 9.59 Å². The summed E-state index contributed by atoms with van der Waals surface area (Å²) in [5.74, 6) is -0.414. The zero-order valence-corrected chi connectivity index (χ0v) is 19.0. The van der Waals surface area contributed by atoms with Gasteiger partial charge in [-0.05, 0) is 53.3 Å². The monoisotopic (exact) mass is 443 g/mol. The Morgan fingerprint density at radius 2 is 1.55 bits per heavy atom. The lowest BCUT2D eigenvalue weighted by Gasteiger charge is -2.18. The summed E-state index contributed by atoms with van der Waals surface area (Å²) in [5.41, 5.74) is 4.31. The first-order valence-electron chi connectivity index (χ1n) is 10.9. The summed E-state index contributed by atoms with van der Waals surface area (Å²) in [6, 6.07) is 25.4. The predicted octanol–water partition coefficient (Wildman–Crippen LogP) is 5.00. The second-order valence-electron chi connectivity index (χ2n) is 8.03. The van der Waals surface area contributed by atoms with E-state index in [0.29, 0.717) is 24.5 Å². The van der Waals surface area contributed by atoms with Gasteiger partial charge in [-0.3, -0.25) is 4.79 Å². The molecular weight excluding hydrogens is 414 g/mol. The Hall–Kier alpha value is -3.86. The van der Waals surface area contributed by atoms with Crippen LogP contribution in [0.5, 0.6) is 5.75 Å². The fourth-order valence-corrected chi connectivity index (χ4v) is 3.46. The van der Waals surface area contributed by atoms with Crippen molar-refractivity contribution in [1.82, 2.24) is 4.90 Å². The third-order valence-corrected chi connectivity index (χ3v) is 5.37. The van der Waals surface area contributed by atoms with E-state index in [1.165, 1.54) is 5.56 Å². The fourth-order valence-electron chi connectivity index (χ4n) is 3.46. The van der Waals surface area contributed by atoms with Crippen LogP contribution in [0.1, 0.15) is 29.2 Å². The first kappa shape index (κ1) is 23.8. The quantitative estimate of drug-likeness (QED) is 0.448. The number of benzene rings is 3. The smallest absolute Gasteiger partial charge is 0.328 e. The summed E-state index contributed by atoms with van der Waals surface area (Å²) >= 11 is 0. The molecule has 0 aromatic heterocycles. The molecule has 0 radical (unpaired) electrons. The van der Waals surface area contributed by atoms with Crippen molar-refractivity contribution in [2.24, 2.45) is 0 Å². The number of hydrogen-bond acceptors (Lipinski definition) is 3. The molecule has 0 aliphatic rings. The normalized spacial score (nSPS) is 11.2. The third-order valence-electron chi connectivity index (χ3n) is 5.37. The molecular formula is C28H29NO4. The van der Waals surface area contributed by atoms with Crippen LogP contribution in [0.3, 0.4) is 0 Å². The van der Waals surface area contributed by atoms with Gasteiger partial charge in [0.2, 0.25) is 5.91 Å². The lowest BCUT2D eigenvalue weighted by atomic mass is 10.0. The second kappa shape index (κ2) is 11.7.